The standard InChI is InChI=1S/C18H9Br6O4P/c19-13-4-1-10(7-16(13)22)26-29(25,27-11-2-5-14(20)17(23)8-11)28-12-3-6-15(21)18(24)9-12/h1-9H. The van der Waals surface area contributed by atoms with Gasteiger partial charge in [0.1, 0.15) is 17.2 Å². The minimum atomic E-state index is -4.10. The Hall–Kier alpha value is 0.170. The molecule has 0 unspecified atom stereocenters. The van der Waals surface area contributed by atoms with E-state index in [1.54, 1.807) is 54.6 Å². The Balaban J connectivity index is 1.96. The Bertz CT molecular complexity index is 971. The largest absolute Gasteiger partial charge is 0.647 e. The summed E-state index contributed by atoms with van der Waals surface area (Å²) in [4.78, 5) is 0. The first kappa shape index (κ1) is 23.8. The highest BCUT2D eigenvalue weighted by atomic mass is 79.9. The van der Waals surface area contributed by atoms with Gasteiger partial charge >= 0.3 is 7.82 Å². The van der Waals surface area contributed by atoms with E-state index in [-0.39, 0.29) is 0 Å². The lowest BCUT2D eigenvalue weighted by molar-refractivity contribution is 0.298. The number of phosphoric ester groups is 1. The lowest BCUT2D eigenvalue weighted by Crippen LogP contribution is -2.07. The molecule has 0 amide bonds. The van der Waals surface area contributed by atoms with Crippen LogP contribution in [0.4, 0.5) is 0 Å². The highest BCUT2D eigenvalue weighted by Crippen LogP contribution is 2.51. The maximum absolute atomic E-state index is 13.6. The molecule has 0 saturated heterocycles. The Kier molecular flexibility index (Phi) is 8.37. The number of rotatable bonds is 6. The van der Waals surface area contributed by atoms with E-state index in [9.17, 15) is 4.57 Å². The summed E-state index contributed by atoms with van der Waals surface area (Å²) in [5.41, 5.74) is 0. The molecule has 152 valence electrons. The fourth-order valence-electron chi connectivity index (χ4n) is 2.04. The first-order valence-electron chi connectivity index (χ1n) is 7.69. The van der Waals surface area contributed by atoms with Crippen molar-refractivity contribution in [2.45, 2.75) is 0 Å². The third-order valence-electron chi connectivity index (χ3n) is 3.32. The summed E-state index contributed by atoms with van der Waals surface area (Å²) < 4.78 is 35.3. The van der Waals surface area contributed by atoms with Gasteiger partial charge in [0.25, 0.3) is 0 Å². The van der Waals surface area contributed by atoms with E-state index >= 15 is 0 Å². The second-order valence-electron chi connectivity index (χ2n) is 5.45. The molecule has 0 saturated carbocycles. The molecule has 4 nitrogen and oxygen atoms in total. The summed E-state index contributed by atoms with van der Waals surface area (Å²) in [6, 6.07) is 15.2. The van der Waals surface area contributed by atoms with Crippen molar-refractivity contribution in [1.82, 2.24) is 0 Å². The predicted octanol–water partition coefficient (Wildman–Crippen LogP) is 9.91. The molecule has 0 aliphatic rings. The van der Waals surface area contributed by atoms with Crippen LogP contribution in [0, 0.1) is 0 Å². The van der Waals surface area contributed by atoms with E-state index in [1.165, 1.54) is 0 Å². The Morgan fingerprint density at radius 1 is 0.483 bits per heavy atom. The SMILES string of the molecule is O=P(Oc1ccc(Br)c(Br)c1)(Oc1ccc(Br)c(Br)c1)Oc1ccc(Br)c(Br)c1. The van der Waals surface area contributed by atoms with Crippen LogP contribution in [0.2, 0.25) is 0 Å². The van der Waals surface area contributed by atoms with Gasteiger partial charge in [-0.25, -0.2) is 0 Å². The molecule has 3 rings (SSSR count). The highest BCUT2D eigenvalue weighted by molar-refractivity contribution is 9.13. The molecule has 0 aliphatic heterocycles. The van der Waals surface area contributed by atoms with Crippen molar-refractivity contribution in [3.8, 4) is 17.2 Å². The first-order valence-corrected chi connectivity index (χ1v) is 13.9. The quantitative estimate of drug-likeness (QED) is 0.233. The van der Waals surface area contributed by atoms with E-state index < -0.39 is 7.82 Å². The van der Waals surface area contributed by atoms with Crippen LogP contribution in [0.3, 0.4) is 0 Å². The van der Waals surface area contributed by atoms with Crippen molar-refractivity contribution in [1.29, 1.82) is 0 Å². The minimum Gasteiger partial charge on any atom is -0.386 e. The second kappa shape index (κ2) is 10.2. The van der Waals surface area contributed by atoms with Crippen molar-refractivity contribution in [3.05, 3.63) is 81.4 Å². The molecular formula is C18H9Br6O4P. The van der Waals surface area contributed by atoms with Crippen molar-refractivity contribution in [2.75, 3.05) is 0 Å². The van der Waals surface area contributed by atoms with Crippen LogP contribution in [0.1, 0.15) is 0 Å². The molecule has 3 aromatic rings. The van der Waals surface area contributed by atoms with Crippen LogP contribution < -0.4 is 13.6 Å². The molecule has 0 aliphatic carbocycles. The van der Waals surface area contributed by atoms with Crippen LogP contribution >= 0.6 is 103 Å². The highest BCUT2D eigenvalue weighted by Gasteiger charge is 2.33. The summed E-state index contributed by atoms with van der Waals surface area (Å²) in [5, 5.41) is 0. The van der Waals surface area contributed by atoms with Crippen LogP contribution in [0.5, 0.6) is 17.2 Å². The molecule has 29 heavy (non-hydrogen) atoms. The summed E-state index contributed by atoms with van der Waals surface area (Å²) in [6.07, 6.45) is 0. The topological polar surface area (TPSA) is 44.8 Å². The lowest BCUT2D eigenvalue weighted by atomic mass is 10.3. The molecular weight excluding hydrogens is 791 g/mol. The van der Waals surface area contributed by atoms with Crippen molar-refractivity contribution in [3.63, 3.8) is 0 Å². The normalized spacial score (nSPS) is 11.2. The molecule has 0 N–H and O–H groups in total. The Morgan fingerprint density at radius 3 is 1.00 bits per heavy atom. The van der Waals surface area contributed by atoms with Crippen LogP contribution in [-0.2, 0) is 4.57 Å². The molecule has 0 spiro atoms. The number of hydrogen-bond acceptors (Lipinski definition) is 4. The zero-order valence-electron chi connectivity index (χ0n) is 14.0. The van der Waals surface area contributed by atoms with Crippen LogP contribution in [-0.4, -0.2) is 0 Å². The maximum Gasteiger partial charge on any atom is 0.647 e. The lowest BCUT2D eigenvalue weighted by Gasteiger charge is -2.20. The summed E-state index contributed by atoms with van der Waals surface area (Å²) in [6.45, 7) is 0. The van der Waals surface area contributed by atoms with Gasteiger partial charge in [-0.3, -0.25) is 0 Å². The fourth-order valence-corrected chi connectivity index (χ4v) is 5.08. The van der Waals surface area contributed by atoms with Crippen molar-refractivity contribution >= 4 is 103 Å². The smallest absolute Gasteiger partial charge is 0.386 e. The molecule has 0 radical (unpaired) electrons. The van der Waals surface area contributed by atoms with Crippen LogP contribution in [0.25, 0.3) is 0 Å². The molecule has 11 heteroatoms. The Labute approximate surface area is 218 Å². The zero-order valence-corrected chi connectivity index (χ0v) is 24.5. The van der Waals surface area contributed by atoms with Crippen LogP contribution in [0.15, 0.2) is 81.4 Å². The van der Waals surface area contributed by atoms with E-state index in [0.717, 1.165) is 26.8 Å². The van der Waals surface area contributed by atoms with Gasteiger partial charge in [-0.15, -0.1) is 0 Å². The third kappa shape index (κ3) is 6.57. The number of halogens is 6. The maximum atomic E-state index is 13.6. The number of benzene rings is 3. The van der Waals surface area contributed by atoms with Crippen molar-refractivity contribution < 1.29 is 18.1 Å². The number of hydrogen-bond donors (Lipinski definition) is 0. The fraction of sp³-hybridized carbons (Fsp3) is 0. The second-order valence-corrected chi connectivity index (χ2v) is 12.0. The van der Waals surface area contributed by atoms with Crippen molar-refractivity contribution in [2.24, 2.45) is 0 Å². The van der Waals surface area contributed by atoms with E-state index in [1.807, 2.05) is 0 Å². The minimum absolute atomic E-state index is 0.316. The molecule has 3 aromatic carbocycles. The zero-order chi connectivity index (χ0) is 21.2. The van der Waals surface area contributed by atoms with Gasteiger partial charge in [0.2, 0.25) is 0 Å². The van der Waals surface area contributed by atoms with Gasteiger partial charge in [0.15, 0.2) is 0 Å². The van der Waals surface area contributed by atoms with E-state index in [2.05, 4.69) is 95.6 Å². The Morgan fingerprint density at radius 2 is 0.759 bits per heavy atom. The first-order chi connectivity index (χ1) is 13.6. The summed E-state index contributed by atoms with van der Waals surface area (Å²) >= 11 is 20.4. The van der Waals surface area contributed by atoms with Gasteiger partial charge < -0.3 is 13.6 Å². The third-order valence-corrected chi connectivity index (χ3v) is 10.3. The average Bonchev–Trinajstić information content (AvgIpc) is 2.64. The van der Waals surface area contributed by atoms with Gasteiger partial charge in [-0.2, -0.15) is 4.57 Å². The van der Waals surface area contributed by atoms with Gasteiger partial charge in [-0.1, -0.05) is 0 Å². The van der Waals surface area contributed by atoms with E-state index in [0.29, 0.717) is 17.2 Å². The molecule has 0 bridgehead atoms. The molecule has 0 aromatic heterocycles. The molecule has 0 heterocycles. The summed E-state index contributed by atoms with van der Waals surface area (Å²) in [5.74, 6) is 0.947. The molecule has 0 atom stereocenters. The van der Waals surface area contributed by atoms with Gasteiger partial charge in [0.05, 0.1) is 0 Å². The van der Waals surface area contributed by atoms with E-state index in [4.69, 9.17) is 13.6 Å². The molecule has 0 fully saturated rings. The average molecular weight is 800 g/mol. The van der Waals surface area contributed by atoms with Gasteiger partial charge in [-0.05, 0) is 150 Å². The predicted molar refractivity (Wildman–Crippen MR) is 135 cm³/mol. The number of phosphoric acid groups is 1. The summed E-state index contributed by atoms with van der Waals surface area (Å²) in [7, 11) is -4.10. The monoisotopic (exact) mass is 794 g/mol. The van der Waals surface area contributed by atoms with Gasteiger partial charge in [0, 0.05) is 26.8 Å².